The summed E-state index contributed by atoms with van der Waals surface area (Å²) in [5, 5.41) is 3.69. The fraction of sp³-hybridized carbons (Fsp3) is 0.739. The lowest BCUT2D eigenvalue weighted by molar-refractivity contribution is 0.278. The number of nitrogens with zero attached hydrogens (tertiary/aromatic N) is 1. The zero-order valence-electron chi connectivity index (χ0n) is 18.2. The van der Waals surface area contributed by atoms with Crippen LogP contribution in [0.3, 0.4) is 0 Å². The average Bonchev–Trinajstić information content (AvgIpc) is 2.71. The van der Waals surface area contributed by atoms with Crippen LogP contribution in [0.25, 0.3) is 0 Å². The summed E-state index contributed by atoms with van der Waals surface area (Å²) in [4.78, 5) is 0. The van der Waals surface area contributed by atoms with E-state index in [1.807, 2.05) is 12.1 Å². The number of rotatable bonds is 18. The van der Waals surface area contributed by atoms with Gasteiger partial charge in [-0.05, 0) is 19.3 Å². The highest BCUT2D eigenvalue weighted by atomic mass is 16.5. The highest BCUT2D eigenvalue weighted by molar-refractivity contribution is 5.64. The minimum absolute atomic E-state index is 0.463. The van der Waals surface area contributed by atoms with Crippen molar-refractivity contribution in [3.8, 4) is 17.2 Å². The van der Waals surface area contributed by atoms with Crippen molar-refractivity contribution in [3.63, 3.8) is 0 Å². The second-order valence-corrected chi connectivity index (χ2v) is 7.25. The summed E-state index contributed by atoms with van der Waals surface area (Å²) >= 11 is 0. The summed E-state index contributed by atoms with van der Waals surface area (Å²) < 4.78 is 17.8. The maximum Gasteiger partial charge on any atom is 0.169 e. The molecule has 0 aromatic heterocycles. The number of nitrogens with one attached hydrogen (secondary N) is 1. The third-order valence-corrected chi connectivity index (χ3v) is 4.65. The van der Waals surface area contributed by atoms with Crippen LogP contribution in [-0.2, 0) is 0 Å². The molecule has 0 atom stereocenters. The predicted octanol–water partition coefficient (Wildman–Crippen LogP) is 7.84. The van der Waals surface area contributed by atoms with Gasteiger partial charge >= 0.3 is 0 Å². The molecule has 0 radical (unpaired) electrons. The predicted molar refractivity (Wildman–Crippen MR) is 116 cm³/mol. The number of hydrogen-bond donors (Lipinski definition) is 1. The third-order valence-electron chi connectivity index (χ3n) is 4.65. The Morgan fingerprint density at radius 1 is 0.643 bits per heavy atom. The van der Waals surface area contributed by atoms with E-state index in [1.54, 1.807) is 0 Å². The van der Waals surface area contributed by atoms with Crippen molar-refractivity contribution in [2.24, 2.45) is 5.11 Å². The monoisotopic (exact) mass is 392 g/mol. The van der Waals surface area contributed by atoms with Crippen LogP contribution >= 0.6 is 0 Å². The first-order valence-corrected chi connectivity index (χ1v) is 11.2. The van der Waals surface area contributed by atoms with Crippen molar-refractivity contribution in [1.82, 2.24) is 0 Å². The molecule has 0 fully saturated rings. The van der Waals surface area contributed by atoms with Gasteiger partial charge in [-0.3, -0.25) is 0 Å². The molecule has 1 aromatic carbocycles. The topological polar surface area (TPSA) is 63.9 Å². The fourth-order valence-corrected chi connectivity index (χ4v) is 2.94. The Balaban J connectivity index is 2.79. The van der Waals surface area contributed by atoms with Gasteiger partial charge in [0.2, 0.25) is 0 Å². The van der Waals surface area contributed by atoms with Crippen LogP contribution in [0.2, 0.25) is 0 Å². The van der Waals surface area contributed by atoms with Crippen molar-refractivity contribution in [2.75, 3.05) is 19.8 Å². The van der Waals surface area contributed by atoms with Gasteiger partial charge in [-0.2, -0.15) is 5.11 Å². The lowest BCUT2D eigenvalue weighted by atomic mass is 10.2. The van der Waals surface area contributed by atoms with Gasteiger partial charge in [0.25, 0.3) is 0 Å². The van der Waals surface area contributed by atoms with Gasteiger partial charge in [-0.1, -0.05) is 72.1 Å². The molecule has 160 valence electrons. The lowest BCUT2D eigenvalue weighted by Gasteiger charge is -2.16. The molecule has 5 heteroatoms. The van der Waals surface area contributed by atoms with E-state index in [0.717, 1.165) is 44.3 Å². The van der Waals surface area contributed by atoms with Crippen molar-refractivity contribution in [3.05, 3.63) is 12.1 Å². The standard InChI is InChI=1S/C23H40N2O3/c1-4-7-10-13-15-26-20-18-21(27-16-12-9-6-3)23(25-24)22(19-20)28-17-14-11-8-5-2/h18-19,24H,4-17H2,1-3H3. The van der Waals surface area contributed by atoms with Gasteiger partial charge in [0.05, 0.1) is 19.8 Å². The smallest absolute Gasteiger partial charge is 0.169 e. The van der Waals surface area contributed by atoms with Crippen LogP contribution in [0, 0.1) is 5.53 Å². The number of hydrogen-bond acceptors (Lipinski definition) is 5. The molecule has 0 heterocycles. The molecule has 0 aliphatic rings. The minimum atomic E-state index is 0.463. The first-order chi connectivity index (χ1) is 13.8. The number of unbranched alkanes of at least 4 members (excludes halogenated alkanes) is 8. The molecule has 0 amide bonds. The van der Waals surface area contributed by atoms with Crippen molar-refractivity contribution >= 4 is 5.69 Å². The molecule has 0 bridgehead atoms. The maximum absolute atomic E-state index is 7.60. The zero-order valence-corrected chi connectivity index (χ0v) is 18.2. The van der Waals surface area contributed by atoms with Crippen LogP contribution in [0.1, 0.15) is 91.4 Å². The Morgan fingerprint density at radius 2 is 1.07 bits per heavy atom. The third kappa shape index (κ3) is 9.95. The van der Waals surface area contributed by atoms with Crippen LogP contribution in [0.4, 0.5) is 5.69 Å². The molecule has 1 N–H and O–H groups in total. The molecule has 28 heavy (non-hydrogen) atoms. The summed E-state index contributed by atoms with van der Waals surface area (Å²) in [5.74, 6) is 1.90. The summed E-state index contributed by atoms with van der Waals surface area (Å²) in [6.07, 6.45) is 12.5. The zero-order chi connectivity index (χ0) is 20.5. The highest BCUT2D eigenvalue weighted by Crippen LogP contribution is 2.41. The van der Waals surface area contributed by atoms with Crippen LogP contribution in [-0.4, -0.2) is 19.8 Å². The average molecular weight is 393 g/mol. The Bertz CT molecular complexity index is 535. The largest absolute Gasteiger partial charge is 0.493 e. The highest BCUT2D eigenvalue weighted by Gasteiger charge is 2.15. The molecule has 0 saturated carbocycles. The van der Waals surface area contributed by atoms with Gasteiger partial charge in [0.15, 0.2) is 17.2 Å². The van der Waals surface area contributed by atoms with Crippen LogP contribution in [0.5, 0.6) is 17.2 Å². The molecule has 0 aliphatic carbocycles. The van der Waals surface area contributed by atoms with E-state index in [1.165, 1.54) is 32.1 Å². The molecule has 0 aliphatic heterocycles. The molecule has 1 rings (SSSR count). The van der Waals surface area contributed by atoms with Crippen molar-refractivity contribution in [2.45, 2.75) is 91.4 Å². The quantitative estimate of drug-likeness (QED) is 0.204. The van der Waals surface area contributed by atoms with E-state index in [2.05, 4.69) is 25.9 Å². The summed E-state index contributed by atoms with van der Waals surface area (Å²) in [6.45, 7) is 8.49. The van der Waals surface area contributed by atoms with Gasteiger partial charge in [-0.25, -0.2) is 5.53 Å². The van der Waals surface area contributed by atoms with Gasteiger partial charge in [0.1, 0.15) is 5.75 Å². The molecular formula is C23H40N2O3. The normalized spacial score (nSPS) is 10.7. The molecule has 1 aromatic rings. The summed E-state index contributed by atoms with van der Waals surface area (Å²) in [5.41, 5.74) is 8.06. The second kappa shape index (κ2) is 16.2. The first-order valence-electron chi connectivity index (χ1n) is 11.2. The molecule has 0 saturated heterocycles. The second-order valence-electron chi connectivity index (χ2n) is 7.25. The van der Waals surface area contributed by atoms with Crippen molar-refractivity contribution in [1.29, 1.82) is 5.53 Å². The molecule has 5 nitrogen and oxygen atoms in total. The van der Waals surface area contributed by atoms with E-state index >= 15 is 0 Å². The lowest BCUT2D eigenvalue weighted by Crippen LogP contribution is -2.03. The Morgan fingerprint density at radius 3 is 1.54 bits per heavy atom. The van der Waals surface area contributed by atoms with E-state index in [9.17, 15) is 0 Å². The first kappa shape index (κ1) is 24.3. The maximum atomic E-state index is 7.60. The Kier molecular flexibility index (Phi) is 14.0. The molecule has 0 spiro atoms. The summed E-state index contributed by atoms with van der Waals surface area (Å²) in [7, 11) is 0. The summed E-state index contributed by atoms with van der Waals surface area (Å²) in [6, 6.07) is 3.70. The Labute approximate surface area is 171 Å². The molecular weight excluding hydrogens is 352 g/mol. The number of ether oxygens (including phenoxy) is 3. The van der Waals surface area contributed by atoms with Gasteiger partial charge < -0.3 is 14.2 Å². The van der Waals surface area contributed by atoms with Crippen LogP contribution in [0.15, 0.2) is 17.2 Å². The van der Waals surface area contributed by atoms with Gasteiger partial charge in [0, 0.05) is 12.1 Å². The van der Waals surface area contributed by atoms with Crippen LogP contribution < -0.4 is 14.2 Å². The SMILES string of the molecule is CCCCCCOc1cc(OCCCCC)c(N=N)c(OCCCCCC)c1. The Hall–Kier alpha value is -1.78. The number of benzene rings is 1. The fourth-order valence-electron chi connectivity index (χ4n) is 2.94. The van der Waals surface area contributed by atoms with E-state index in [-0.39, 0.29) is 0 Å². The van der Waals surface area contributed by atoms with E-state index in [0.29, 0.717) is 37.0 Å². The molecule has 0 unspecified atom stereocenters. The van der Waals surface area contributed by atoms with Crippen molar-refractivity contribution < 1.29 is 14.2 Å². The van der Waals surface area contributed by atoms with E-state index in [4.69, 9.17) is 19.7 Å². The van der Waals surface area contributed by atoms with E-state index < -0.39 is 0 Å². The minimum Gasteiger partial charge on any atom is -0.493 e. The van der Waals surface area contributed by atoms with Gasteiger partial charge in [-0.15, -0.1) is 0 Å².